The number of hydrogen-bond donors (Lipinski definition) is 0. The third-order valence-electron chi connectivity index (χ3n) is 4.41. The van der Waals surface area contributed by atoms with Gasteiger partial charge in [-0.1, -0.05) is 30.3 Å². The predicted molar refractivity (Wildman–Crippen MR) is 76.1 cm³/mol. The maximum absolute atomic E-state index is 12.5. The van der Waals surface area contributed by atoms with E-state index >= 15 is 0 Å². The molecule has 2 aliphatic heterocycles. The van der Waals surface area contributed by atoms with Gasteiger partial charge in [0.1, 0.15) is 12.1 Å². The van der Waals surface area contributed by atoms with Crippen molar-refractivity contribution in [2.24, 2.45) is 0 Å². The Bertz CT molecular complexity index is 514. The second kappa shape index (κ2) is 5.27. The minimum absolute atomic E-state index is 0.111. The van der Waals surface area contributed by atoms with Crippen molar-refractivity contribution in [3.8, 4) is 0 Å². The molecule has 2 atom stereocenters. The van der Waals surface area contributed by atoms with Gasteiger partial charge in [-0.05, 0) is 31.7 Å². The molecule has 0 radical (unpaired) electrons. The highest BCUT2D eigenvalue weighted by Crippen LogP contribution is 2.26. The normalized spacial score (nSPS) is 26.1. The van der Waals surface area contributed by atoms with E-state index in [1.807, 2.05) is 25.1 Å². The summed E-state index contributed by atoms with van der Waals surface area (Å²) in [6.07, 6.45) is 2.57. The lowest BCUT2D eigenvalue weighted by Crippen LogP contribution is -2.62. The lowest BCUT2D eigenvalue weighted by molar-refractivity contribution is -0.158. The van der Waals surface area contributed by atoms with E-state index in [1.165, 1.54) is 5.56 Å². The van der Waals surface area contributed by atoms with E-state index in [0.717, 1.165) is 25.8 Å². The molecule has 0 spiro atoms. The Kier molecular flexibility index (Phi) is 3.47. The van der Waals surface area contributed by atoms with Gasteiger partial charge in [0.15, 0.2) is 0 Å². The summed E-state index contributed by atoms with van der Waals surface area (Å²) in [6, 6.07) is 9.58. The first-order valence-corrected chi connectivity index (χ1v) is 7.33. The lowest BCUT2D eigenvalue weighted by Gasteiger charge is -2.41. The van der Waals surface area contributed by atoms with E-state index in [0.29, 0.717) is 6.54 Å². The Labute approximate surface area is 119 Å². The number of piperazine rings is 1. The van der Waals surface area contributed by atoms with Crippen molar-refractivity contribution in [1.82, 2.24) is 9.80 Å². The Hall–Kier alpha value is -1.84. The summed E-state index contributed by atoms with van der Waals surface area (Å²) in [5.41, 5.74) is 1.20. The molecule has 1 aromatic carbocycles. The molecular weight excluding hydrogens is 252 g/mol. The van der Waals surface area contributed by atoms with Gasteiger partial charge in [0.05, 0.1) is 0 Å². The largest absolute Gasteiger partial charge is 0.329 e. The molecule has 0 saturated carbocycles. The zero-order valence-corrected chi connectivity index (χ0v) is 11.8. The Morgan fingerprint density at radius 2 is 1.90 bits per heavy atom. The molecule has 2 saturated heterocycles. The number of amides is 2. The number of rotatable bonds is 3. The van der Waals surface area contributed by atoms with Crippen molar-refractivity contribution in [3.63, 3.8) is 0 Å². The first-order chi connectivity index (χ1) is 9.68. The second-order valence-electron chi connectivity index (χ2n) is 5.63. The van der Waals surface area contributed by atoms with Crippen LogP contribution in [0, 0.1) is 0 Å². The molecule has 2 aliphatic rings. The fourth-order valence-electron chi connectivity index (χ4n) is 3.24. The molecule has 0 N–H and O–H groups in total. The number of hydrogen-bond acceptors (Lipinski definition) is 2. The molecule has 3 rings (SSSR count). The standard InChI is InChI=1S/C16H20N2O2/c1-12-15(19)18-10-5-8-14(18)16(20)17(12)11-9-13-6-3-2-4-7-13/h2-4,6-7,12,14H,5,8-11H2,1H3. The van der Waals surface area contributed by atoms with Crippen LogP contribution in [0.3, 0.4) is 0 Å². The maximum atomic E-state index is 12.5. The number of benzene rings is 1. The Morgan fingerprint density at radius 3 is 2.65 bits per heavy atom. The summed E-state index contributed by atoms with van der Waals surface area (Å²) in [4.78, 5) is 28.4. The SMILES string of the molecule is CC1C(=O)N2CCCC2C(=O)N1CCc1ccccc1. The van der Waals surface area contributed by atoms with Crippen LogP contribution in [0.15, 0.2) is 30.3 Å². The fourth-order valence-corrected chi connectivity index (χ4v) is 3.24. The van der Waals surface area contributed by atoms with Crippen molar-refractivity contribution in [2.45, 2.75) is 38.3 Å². The van der Waals surface area contributed by atoms with E-state index in [2.05, 4.69) is 12.1 Å². The lowest BCUT2D eigenvalue weighted by atomic mass is 10.0. The van der Waals surface area contributed by atoms with Crippen molar-refractivity contribution < 1.29 is 9.59 Å². The van der Waals surface area contributed by atoms with Gasteiger partial charge in [-0.3, -0.25) is 9.59 Å². The molecule has 20 heavy (non-hydrogen) atoms. The molecule has 2 heterocycles. The Morgan fingerprint density at radius 1 is 1.15 bits per heavy atom. The summed E-state index contributed by atoms with van der Waals surface area (Å²) >= 11 is 0. The van der Waals surface area contributed by atoms with Crippen LogP contribution < -0.4 is 0 Å². The number of carbonyl (C=O) groups excluding carboxylic acids is 2. The summed E-state index contributed by atoms with van der Waals surface area (Å²) < 4.78 is 0. The highest BCUT2D eigenvalue weighted by Gasteiger charge is 2.45. The molecule has 2 unspecified atom stereocenters. The van der Waals surface area contributed by atoms with E-state index in [4.69, 9.17) is 0 Å². The zero-order valence-electron chi connectivity index (χ0n) is 11.8. The summed E-state index contributed by atoms with van der Waals surface area (Å²) in [7, 11) is 0. The van der Waals surface area contributed by atoms with Crippen LogP contribution in [0.4, 0.5) is 0 Å². The summed E-state index contributed by atoms with van der Waals surface area (Å²) in [6.45, 7) is 3.21. The quantitative estimate of drug-likeness (QED) is 0.835. The number of fused-ring (bicyclic) bond motifs is 1. The molecule has 106 valence electrons. The van der Waals surface area contributed by atoms with Crippen molar-refractivity contribution in [1.29, 1.82) is 0 Å². The highest BCUT2D eigenvalue weighted by atomic mass is 16.2. The molecule has 2 amide bonds. The second-order valence-corrected chi connectivity index (χ2v) is 5.63. The topological polar surface area (TPSA) is 40.6 Å². The highest BCUT2D eigenvalue weighted by molar-refractivity contribution is 5.97. The van der Waals surface area contributed by atoms with E-state index in [9.17, 15) is 9.59 Å². The van der Waals surface area contributed by atoms with Gasteiger partial charge in [0.2, 0.25) is 11.8 Å². The minimum Gasteiger partial charge on any atom is -0.329 e. The van der Waals surface area contributed by atoms with Gasteiger partial charge >= 0.3 is 0 Å². The third-order valence-corrected chi connectivity index (χ3v) is 4.41. The fraction of sp³-hybridized carbons (Fsp3) is 0.500. The molecule has 0 bridgehead atoms. The number of carbonyl (C=O) groups is 2. The van der Waals surface area contributed by atoms with Gasteiger partial charge in [0, 0.05) is 13.1 Å². The van der Waals surface area contributed by atoms with E-state index < -0.39 is 0 Å². The molecule has 0 aromatic heterocycles. The van der Waals surface area contributed by atoms with Gasteiger partial charge in [0.25, 0.3) is 0 Å². The van der Waals surface area contributed by atoms with Crippen LogP contribution in [-0.4, -0.2) is 46.8 Å². The first kappa shape index (κ1) is 13.2. The van der Waals surface area contributed by atoms with Crippen LogP contribution in [0.2, 0.25) is 0 Å². The zero-order chi connectivity index (χ0) is 14.1. The van der Waals surface area contributed by atoms with Crippen LogP contribution in [0.25, 0.3) is 0 Å². The van der Waals surface area contributed by atoms with Gasteiger partial charge in [-0.25, -0.2) is 0 Å². The van der Waals surface area contributed by atoms with E-state index in [-0.39, 0.29) is 23.9 Å². The van der Waals surface area contributed by atoms with Crippen molar-refractivity contribution >= 4 is 11.8 Å². The van der Waals surface area contributed by atoms with E-state index in [1.54, 1.807) is 9.80 Å². The average molecular weight is 272 g/mol. The Balaban J connectivity index is 1.72. The van der Waals surface area contributed by atoms with Gasteiger partial charge in [-0.2, -0.15) is 0 Å². The van der Waals surface area contributed by atoms with Crippen LogP contribution in [-0.2, 0) is 16.0 Å². The molecule has 0 aliphatic carbocycles. The van der Waals surface area contributed by atoms with Crippen LogP contribution in [0.5, 0.6) is 0 Å². The number of nitrogens with zero attached hydrogens (tertiary/aromatic N) is 2. The van der Waals surface area contributed by atoms with Crippen LogP contribution >= 0.6 is 0 Å². The van der Waals surface area contributed by atoms with Crippen molar-refractivity contribution in [3.05, 3.63) is 35.9 Å². The minimum atomic E-state index is -0.319. The third kappa shape index (κ3) is 2.19. The molecule has 4 nitrogen and oxygen atoms in total. The molecule has 1 aromatic rings. The molecular formula is C16H20N2O2. The summed E-state index contributed by atoms with van der Waals surface area (Å²) in [5, 5.41) is 0. The summed E-state index contributed by atoms with van der Waals surface area (Å²) in [5.74, 6) is 0.241. The molecule has 2 fully saturated rings. The smallest absolute Gasteiger partial charge is 0.246 e. The van der Waals surface area contributed by atoms with Gasteiger partial charge in [-0.15, -0.1) is 0 Å². The maximum Gasteiger partial charge on any atom is 0.246 e. The monoisotopic (exact) mass is 272 g/mol. The van der Waals surface area contributed by atoms with Crippen LogP contribution in [0.1, 0.15) is 25.3 Å². The van der Waals surface area contributed by atoms with Crippen molar-refractivity contribution in [2.75, 3.05) is 13.1 Å². The predicted octanol–water partition coefficient (Wildman–Crippen LogP) is 1.45. The van der Waals surface area contributed by atoms with Gasteiger partial charge < -0.3 is 9.80 Å². The average Bonchev–Trinajstić information content (AvgIpc) is 2.96. The molecule has 4 heteroatoms. The first-order valence-electron chi connectivity index (χ1n) is 7.33.